The quantitative estimate of drug-likeness (QED) is 0.0689. The highest BCUT2D eigenvalue weighted by Crippen LogP contribution is 2.54. The first-order valence-corrected chi connectivity index (χ1v) is 25.8. The van der Waals surface area contributed by atoms with Crippen LogP contribution in [-0.4, -0.2) is 98.3 Å². The summed E-state index contributed by atoms with van der Waals surface area (Å²) >= 11 is 7.12. The minimum atomic E-state index is -2.88. The first-order chi connectivity index (χ1) is 24.6. The number of ether oxygens (including phenoxy) is 7. The fourth-order valence-corrected chi connectivity index (χ4v) is 14.2. The van der Waals surface area contributed by atoms with Gasteiger partial charge in [0.15, 0.2) is 6.10 Å². The van der Waals surface area contributed by atoms with Crippen LogP contribution in [0.3, 0.4) is 0 Å². The van der Waals surface area contributed by atoms with Gasteiger partial charge in [-0.3, -0.25) is 0 Å². The average molecular weight is 793 g/mol. The molecule has 2 aliphatic rings. The lowest BCUT2D eigenvalue weighted by atomic mass is 9.77. The lowest BCUT2D eigenvalue weighted by molar-refractivity contribution is -0.184. The fourth-order valence-electron chi connectivity index (χ4n) is 8.33. The first kappa shape index (κ1) is 43.6. The summed E-state index contributed by atoms with van der Waals surface area (Å²) in [6.07, 6.45) is 1.72. The zero-order valence-corrected chi connectivity index (χ0v) is 37.0. The zero-order valence-electron chi connectivity index (χ0n) is 33.3. The summed E-state index contributed by atoms with van der Waals surface area (Å²) < 4.78 is 52.2. The van der Waals surface area contributed by atoms with Crippen LogP contribution in [0.4, 0.5) is 0 Å². The SMILES string of the molecule is COCO[C@H]1C[C@](C)(OCOC)[C@H]2C[C@H](O[Si](c3ccccc3)(c3ccccc3)C(C)(C)C)[C@H](C)[C@H]2[C@H](OCOCC[Si](C)(C)C)[C@H]1OC(=S)SC. The van der Waals surface area contributed by atoms with Crippen LogP contribution in [0.5, 0.6) is 0 Å². The molecule has 2 aliphatic carbocycles. The van der Waals surface area contributed by atoms with Crippen molar-refractivity contribution in [3.05, 3.63) is 60.7 Å². The lowest BCUT2D eigenvalue weighted by Crippen LogP contribution is -2.68. The Labute approximate surface area is 325 Å². The molecule has 2 fully saturated rings. The number of thiocarbonyl (C=S) groups is 1. The molecule has 52 heavy (non-hydrogen) atoms. The molecular formula is C40H64O8S2Si2. The highest BCUT2D eigenvalue weighted by atomic mass is 32.2. The summed E-state index contributed by atoms with van der Waals surface area (Å²) in [5.41, 5.74) is -0.670. The number of methoxy groups -OCH3 is 2. The second-order valence-electron chi connectivity index (χ2n) is 16.8. The van der Waals surface area contributed by atoms with Crippen molar-refractivity contribution in [3.63, 3.8) is 0 Å². The molecule has 0 heterocycles. The molecule has 2 aromatic rings. The van der Waals surface area contributed by atoms with Crippen LogP contribution in [0.2, 0.25) is 30.7 Å². The highest BCUT2D eigenvalue weighted by molar-refractivity contribution is 8.22. The summed E-state index contributed by atoms with van der Waals surface area (Å²) in [5, 5.41) is 2.34. The van der Waals surface area contributed by atoms with Crippen LogP contribution in [0.15, 0.2) is 60.7 Å². The Kier molecular flexibility index (Phi) is 16.0. The Morgan fingerprint density at radius 3 is 1.98 bits per heavy atom. The van der Waals surface area contributed by atoms with E-state index in [2.05, 4.69) is 115 Å². The Morgan fingerprint density at radius 1 is 0.865 bits per heavy atom. The van der Waals surface area contributed by atoms with E-state index >= 15 is 0 Å². The van der Waals surface area contributed by atoms with Gasteiger partial charge in [0, 0.05) is 41.4 Å². The monoisotopic (exact) mass is 792 g/mol. The molecule has 0 aliphatic heterocycles. The number of hydrogen-bond acceptors (Lipinski definition) is 10. The molecule has 4 rings (SSSR count). The third-order valence-electron chi connectivity index (χ3n) is 11.0. The summed E-state index contributed by atoms with van der Waals surface area (Å²) in [5.74, 6) is 0.0219. The second-order valence-corrected chi connectivity index (χ2v) is 28.1. The van der Waals surface area contributed by atoms with Crippen molar-refractivity contribution in [2.75, 3.05) is 47.5 Å². The van der Waals surface area contributed by atoms with Crippen LogP contribution < -0.4 is 10.4 Å². The Morgan fingerprint density at radius 2 is 1.46 bits per heavy atom. The van der Waals surface area contributed by atoms with Crippen LogP contribution in [0.25, 0.3) is 0 Å². The Bertz CT molecular complexity index is 1340. The van der Waals surface area contributed by atoms with E-state index in [1.165, 1.54) is 22.1 Å². The minimum absolute atomic E-state index is 0.0120. The van der Waals surface area contributed by atoms with Crippen molar-refractivity contribution >= 4 is 55.1 Å². The molecule has 0 unspecified atom stereocenters. The zero-order chi connectivity index (χ0) is 38.2. The normalized spacial score (nSPS) is 28.3. The smallest absolute Gasteiger partial charge is 0.261 e. The van der Waals surface area contributed by atoms with E-state index in [1.54, 1.807) is 14.2 Å². The van der Waals surface area contributed by atoms with Gasteiger partial charge < -0.3 is 37.6 Å². The van der Waals surface area contributed by atoms with E-state index in [1.807, 2.05) is 6.26 Å². The van der Waals surface area contributed by atoms with Crippen molar-refractivity contribution < 1.29 is 37.6 Å². The summed E-state index contributed by atoms with van der Waals surface area (Å²) in [7, 11) is -0.883. The van der Waals surface area contributed by atoms with Gasteiger partial charge in [-0.2, -0.15) is 0 Å². The van der Waals surface area contributed by atoms with Gasteiger partial charge in [0.1, 0.15) is 32.6 Å². The molecule has 0 saturated heterocycles. The maximum atomic E-state index is 7.88. The molecule has 0 N–H and O–H groups in total. The number of fused-ring (bicyclic) bond motifs is 1. The molecule has 0 radical (unpaired) electrons. The average Bonchev–Trinajstić information content (AvgIpc) is 3.39. The molecule has 0 aromatic heterocycles. The maximum Gasteiger partial charge on any atom is 0.261 e. The van der Waals surface area contributed by atoms with E-state index in [0.717, 1.165) is 12.5 Å². The van der Waals surface area contributed by atoms with Gasteiger partial charge in [0.2, 0.25) is 4.38 Å². The van der Waals surface area contributed by atoms with E-state index < -0.39 is 40.3 Å². The number of rotatable bonds is 17. The van der Waals surface area contributed by atoms with Gasteiger partial charge in [-0.05, 0) is 71.0 Å². The maximum absolute atomic E-state index is 7.88. The van der Waals surface area contributed by atoms with Gasteiger partial charge in [-0.15, -0.1) is 0 Å². The molecule has 0 bridgehead atoms. The Hall–Kier alpha value is -1.17. The molecule has 8 atom stereocenters. The standard InChI is InChI=1S/C40H64O8S2Si2/c1-29-33(48-52(39(2,3)4,30-18-14-12-15-19-30)31-20-16-13-17-21-31)24-32-35(29)37(45-28-43-22-23-51(9,10)11)36(47-38(49)50-8)34(44-26-41-6)25-40(32,5)46-27-42-7/h12-21,29,32-37H,22-28H2,1-11H3/t29-,32-,33-,34-,35+,36-,37-,40-/m0/s1. The van der Waals surface area contributed by atoms with E-state index in [9.17, 15) is 0 Å². The number of hydrogen-bond donors (Lipinski definition) is 0. The predicted octanol–water partition coefficient (Wildman–Crippen LogP) is 7.71. The van der Waals surface area contributed by atoms with E-state index in [0.29, 0.717) is 17.4 Å². The molecule has 0 spiro atoms. The van der Waals surface area contributed by atoms with Crippen molar-refractivity contribution in [1.29, 1.82) is 0 Å². The highest BCUT2D eigenvalue weighted by Gasteiger charge is 2.62. The molecular weight excluding hydrogens is 729 g/mol. The molecule has 0 amide bonds. The van der Waals surface area contributed by atoms with Gasteiger partial charge in [0.25, 0.3) is 8.32 Å². The lowest BCUT2D eigenvalue weighted by Gasteiger charge is -2.46. The third-order valence-corrected chi connectivity index (χ3v) is 18.8. The molecule has 2 saturated carbocycles. The molecule has 292 valence electrons. The van der Waals surface area contributed by atoms with E-state index in [-0.39, 0.29) is 49.3 Å². The van der Waals surface area contributed by atoms with Crippen molar-refractivity contribution in [2.45, 2.75) is 108 Å². The third kappa shape index (κ3) is 10.4. The summed E-state index contributed by atoms with van der Waals surface area (Å²) in [4.78, 5) is 0. The van der Waals surface area contributed by atoms with Crippen LogP contribution in [-0.2, 0) is 37.6 Å². The number of benzene rings is 2. The van der Waals surface area contributed by atoms with Crippen molar-refractivity contribution in [3.8, 4) is 0 Å². The van der Waals surface area contributed by atoms with Crippen LogP contribution in [0, 0.1) is 17.8 Å². The van der Waals surface area contributed by atoms with Crippen LogP contribution in [0.1, 0.15) is 47.5 Å². The summed E-state index contributed by atoms with van der Waals surface area (Å²) in [6.45, 7) is 19.6. The predicted molar refractivity (Wildman–Crippen MR) is 221 cm³/mol. The minimum Gasteiger partial charge on any atom is -0.470 e. The number of thioether (sulfide) groups is 1. The van der Waals surface area contributed by atoms with Gasteiger partial charge in [0.05, 0.1) is 5.60 Å². The summed E-state index contributed by atoms with van der Waals surface area (Å²) in [6, 6.07) is 22.8. The van der Waals surface area contributed by atoms with Gasteiger partial charge >= 0.3 is 0 Å². The van der Waals surface area contributed by atoms with Gasteiger partial charge in [-0.25, -0.2) is 0 Å². The molecule has 2 aromatic carbocycles. The van der Waals surface area contributed by atoms with Gasteiger partial charge in [-0.1, -0.05) is 120 Å². The topological polar surface area (TPSA) is 73.8 Å². The fraction of sp³-hybridized carbons (Fsp3) is 0.675. The largest absolute Gasteiger partial charge is 0.470 e. The van der Waals surface area contributed by atoms with Crippen LogP contribution >= 0.6 is 24.0 Å². The van der Waals surface area contributed by atoms with Crippen molar-refractivity contribution in [1.82, 2.24) is 0 Å². The Balaban J connectivity index is 1.84. The second kappa shape index (κ2) is 19.1. The van der Waals surface area contributed by atoms with E-state index in [4.69, 9.17) is 49.8 Å². The van der Waals surface area contributed by atoms with Crippen molar-refractivity contribution in [2.24, 2.45) is 17.8 Å². The molecule has 12 heteroatoms. The first-order valence-electron chi connectivity index (χ1n) is 18.6. The molecule has 8 nitrogen and oxygen atoms in total.